The maximum absolute atomic E-state index is 11.8. The van der Waals surface area contributed by atoms with Gasteiger partial charge in [-0.2, -0.15) is 0 Å². The molecule has 5 nitrogen and oxygen atoms in total. The lowest BCUT2D eigenvalue weighted by Gasteiger charge is -2.08. The molecule has 2 rings (SSSR count). The van der Waals surface area contributed by atoms with E-state index < -0.39 is 15.9 Å². The summed E-state index contributed by atoms with van der Waals surface area (Å²) >= 11 is 1.63. The number of rotatable bonds is 6. The van der Waals surface area contributed by atoms with Crippen LogP contribution in [0.15, 0.2) is 41.8 Å². The average Bonchev–Trinajstić information content (AvgIpc) is 3.01. The van der Waals surface area contributed by atoms with Gasteiger partial charge in [-0.05, 0) is 29.1 Å². The van der Waals surface area contributed by atoms with Crippen molar-refractivity contribution in [3.05, 3.63) is 41.8 Å². The molecule has 0 bridgehead atoms. The van der Waals surface area contributed by atoms with Crippen LogP contribution in [0.1, 0.15) is 6.92 Å². The van der Waals surface area contributed by atoms with Gasteiger partial charge in [0.15, 0.2) is 9.84 Å². The lowest BCUT2D eigenvalue weighted by molar-refractivity contribution is 0.252. The number of carbonyl (C=O) groups is 1. The molecule has 1 aromatic carbocycles. The number of hydrogen-bond acceptors (Lipinski definition) is 4. The molecule has 0 atom stereocenters. The molecule has 2 aromatic rings. The smallest absolute Gasteiger partial charge is 0.319 e. The van der Waals surface area contributed by atoms with Crippen molar-refractivity contribution in [2.45, 2.75) is 6.92 Å². The van der Waals surface area contributed by atoms with E-state index in [9.17, 15) is 13.2 Å². The number of nitrogens with one attached hydrogen (secondary N) is 2. The van der Waals surface area contributed by atoms with Gasteiger partial charge in [-0.25, -0.2) is 13.2 Å². The quantitative estimate of drug-likeness (QED) is 0.850. The highest BCUT2D eigenvalue weighted by molar-refractivity contribution is 7.91. The van der Waals surface area contributed by atoms with Gasteiger partial charge >= 0.3 is 6.03 Å². The second-order valence-corrected chi connectivity index (χ2v) is 8.10. The summed E-state index contributed by atoms with van der Waals surface area (Å²) in [7, 11) is -3.07. The Balaban J connectivity index is 1.91. The van der Waals surface area contributed by atoms with Crippen LogP contribution in [-0.2, 0) is 9.84 Å². The van der Waals surface area contributed by atoms with Crippen molar-refractivity contribution >= 4 is 32.9 Å². The molecule has 0 saturated heterocycles. The van der Waals surface area contributed by atoms with E-state index in [0.717, 1.165) is 10.4 Å². The molecule has 118 valence electrons. The number of urea groups is 1. The first kappa shape index (κ1) is 16.5. The number of hydrogen-bond donors (Lipinski definition) is 2. The van der Waals surface area contributed by atoms with Gasteiger partial charge in [0.2, 0.25) is 0 Å². The zero-order valence-corrected chi connectivity index (χ0v) is 13.8. The largest absolute Gasteiger partial charge is 0.337 e. The summed E-state index contributed by atoms with van der Waals surface area (Å²) < 4.78 is 22.7. The van der Waals surface area contributed by atoms with Crippen molar-refractivity contribution < 1.29 is 13.2 Å². The van der Waals surface area contributed by atoms with Crippen molar-refractivity contribution in [1.82, 2.24) is 5.32 Å². The first-order chi connectivity index (χ1) is 10.5. The fourth-order valence-corrected chi connectivity index (χ4v) is 3.26. The van der Waals surface area contributed by atoms with Crippen LogP contribution >= 0.6 is 11.3 Å². The van der Waals surface area contributed by atoms with Crippen LogP contribution in [0.5, 0.6) is 0 Å². The van der Waals surface area contributed by atoms with Crippen LogP contribution in [-0.4, -0.2) is 32.5 Å². The Morgan fingerprint density at radius 1 is 1.23 bits per heavy atom. The van der Waals surface area contributed by atoms with Crippen LogP contribution in [0.3, 0.4) is 0 Å². The summed E-state index contributed by atoms with van der Waals surface area (Å²) in [4.78, 5) is 12.9. The number of anilines is 1. The standard InChI is InChI=1S/C15H18N2O3S2/c1-2-22(19,20)10-8-16-15(18)17-13-6-3-5-12(11-13)14-7-4-9-21-14/h3-7,9,11H,2,8,10H2,1H3,(H2,16,17,18). The van der Waals surface area contributed by atoms with E-state index in [-0.39, 0.29) is 18.1 Å². The molecular weight excluding hydrogens is 320 g/mol. The van der Waals surface area contributed by atoms with Gasteiger partial charge in [0.05, 0.1) is 5.75 Å². The highest BCUT2D eigenvalue weighted by Gasteiger charge is 2.08. The van der Waals surface area contributed by atoms with Crippen LogP contribution < -0.4 is 10.6 Å². The summed E-state index contributed by atoms with van der Waals surface area (Å²) in [6.45, 7) is 1.69. The van der Waals surface area contributed by atoms with Crippen molar-refractivity contribution in [2.75, 3.05) is 23.4 Å². The van der Waals surface area contributed by atoms with Gasteiger partial charge in [0, 0.05) is 22.9 Å². The normalized spacial score (nSPS) is 11.1. The van der Waals surface area contributed by atoms with Crippen LogP contribution in [0, 0.1) is 0 Å². The predicted molar refractivity (Wildman–Crippen MR) is 91.1 cm³/mol. The minimum Gasteiger partial charge on any atom is -0.337 e. The second kappa shape index (κ2) is 7.42. The van der Waals surface area contributed by atoms with E-state index in [2.05, 4.69) is 10.6 Å². The van der Waals surface area contributed by atoms with Crippen molar-refractivity contribution in [3.8, 4) is 10.4 Å². The fourth-order valence-electron chi connectivity index (χ4n) is 1.83. The maximum Gasteiger partial charge on any atom is 0.319 e. The Hall–Kier alpha value is -1.86. The lowest BCUT2D eigenvalue weighted by Crippen LogP contribution is -2.33. The predicted octanol–water partition coefficient (Wildman–Crippen LogP) is 2.97. The Morgan fingerprint density at radius 3 is 2.73 bits per heavy atom. The van der Waals surface area contributed by atoms with E-state index in [0.29, 0.717) is 5.69 Å². The minimum absolute atomic E-state index is 0.0494. The summed E-state index contributed by atoms with van der Waals surface area (Å²) in [6.07, 6.45) is 0. The van der Waals surface area contributed by atoms with Gasteiger partial charge in [-0.3, -0.25) is 0 Å². The zero-order valence-electron chi connectivity index (χ0n) is 12.2. The average molecular weight is 338 g/mol. The second-order valence-electron chi connectivity index (χ2n) is 4.68. The van der Waals surface area contributed by atoms with Gasteiger partial charge < -0.3 is 10.6 Å². The molecule has 1 aromatic heterocycles. The van der Waals surface area contributed by atoms with E-state index in [4.69, 9.17) is 0 Å². The monoisotopic (exact) mass is 338 g/mol. The Bertz CT molecular complexity index is 725. The highest BCUT2D eigenvalue weighted by Crippen LogP contribution is 2.26. The highest BCUT2D eigenvalue weighted by atomic mass is 32.2. The molecule has 7 heteroatoms. The Morgan fingerprint density at radius 2 is 2.05 bits per heavy atom. The van der Waals surface area contributed by atoms with Gasteiger partial charge in [0.1, 0.15) is 0 Å². The molecular formula is C15H18N2O3S2. The maximum atomic E-state index is 11.8. The summed E-state index contributed by atoms with van der Waals surface area (Å²) in [5, 5.41) is 7.25. The molecule has 22 heavy (non-hydrogen) atoms. The zero-order chi connectivity index (χ0) is 16.0. The third-order valence-corrected chi connectivity index (χ3v) is 5.69. The third kappa shape index (κ3) is 4.85. The number of carbonyl (C=O) groups excluding carboxylic acids is 1. The van der Waals surface area contributed by atoms with Crippen molar-refractivity contribution in [1.29, 1.82) is 0 Å². The molecule has 0 spiro atoms. The molecule has 0 saturated carbocycles. The SMILES string of the molecule is CCS(=O)(=O)CCNC(=O)Nc1cccc(-c2cccs2)c1. The summed E-state index contributed by atoms with van der Waals surface area (Å²) in [5.74, 6) is 0.0330. The molecule has 0 unspecified atom stereocenters. The van der Waals surface area contributed by atoms with Crippen LogP contribution in [0.4, 0.5) is 10.5 Å². The van der Waals surface area contributed by atoms with E-state index in [1.165, 1.54) is 0 Å². The Labute approximate surface area is 134 Å². The van der Waals surface area contributed by atoms with Crippen molar-refractivity contribution in [2.24, 2.45) is 0 Å². The number of amides is 2. The van der Waals surface area contributed by atoms with Gasteiger partial charge in [0.25, 0.3) is 0 Å². The first-order valence-electron chi connectivity index (χ1n) is 6.89. The third-order valence-electron chi connectivity index (χ3n) is 3.06. The van der Waals surface area contributed by atoms with Gasteiger partial charge in [-0.1, -0.05) is 25.1 Å². The van der Waals surface area contributed by atoms with E-state index in [1.54, 1.807) is 24.3 Å². The lowest BCUT2D eigenvalue weighted by atomic mass is 10.1. The molecule has 0 aliphatic carbocycles. The summed E-state index contributed by atoms with van der Waals surface area (Å²) in [5.41, 5.74) is 1.70. The molecule has 1 heterocycles. The van der Waals surface area contributed by atoms with Gasteiger partial charge in [-0.15, -0.1) is 11.3 Å². The number of sulfone groups is 1. The number of benzene rings is 1. The fraction of sp³-hybridized carbons (Fsp3) is 0.267. The minimum atomic E-state index is -3.07. The molecule has 0 radical (unpaired) electrons. The van der Waals surface area contributed by atoms with E-state index in [1.807, 2.05) is 35.7 Å². The topological polar surface area (TPSA) is 75.3 Å². The first-order valence-corrected chi connectivity index (χ1v) is 9.59. The van der Waals surface area contributed by atoms with Crippen LogP contribution in [0.2, 0.25) is 0 Å². The summed E-state index contributed by atoms with van der Waals surface area (Å²) in [6, 6.07) is 11.1. The molecule has 2 N–H and O–H groups in total. The molecule has 0 aliphatic heterocycles. The van der Waals surface area contributed by atoms with Crippen molar-refractivity contribution in [3.63, 3.8) is 0 Å². The molecule has 0 fully saturated rings. The molecule has 2 amide bonds. The molecule has 0 aliphatic rings. The van der Waals surface area contributed by atoms with E-state index >= 15 is 0 Å². The Kier molecular flexibility index (Phi) is 5.57. The van der Waals surface area contributed by atoms with Crippen LogP contribution in [0.25, 0.3) is 10.4 Å². The number of thiophene rings is 1.